The molecule has 0 radical (unpaired) electrons. The first-order chi connectivity index (χ1) is 14.8. The van der Waals surface area contributed by atoms with E-state index >= 15 is 0 Å². The SMILES string of the molecule is COCCNS(=O)(=O)c1ccc(CNC(=O)CCC(=O)c2cc(C)ccc2OC)cc1. The van der Waals surface area contributed by atoms with Gasteiger partial charge in [0.15, 0.2) is 5.78 Å². The van der Waals surface area contributed by atoms with E-state index in [1.54, 1.807) is 24.3 Å². The number of rotatable bonds is 12. The van der Waals surface area contributed by atoms with Crippen LogP contribution in [0.25, 0.3) is 0 Å². The summed E-state index contributed by atoms with van der Waals surface area (Å²) in [5, 5.41) is 2.74. The number of carbonyl (C=O) groups is 2. The van der Waals surface area contributed by atoms with Crippen molar-refractivity contribution < 1.29 is 27.5 Å². The number of ketones is 1. The van der Waals surface area contributed by atoms with E-state index in [9.17, 15) is 18.0 Å². The van der Waals surface area contributed by atoms with E-state index in [2.05, 4.69) is 10.0 Å². The normalized spacial score (nSPS) is 11.2. The second-order valence-electron chi connectivity index (χ2n) is 6.94. The van der Waals surface area contributed by atoms with Crippen molar-refractivity contribution in [3.63, 3.8) is 0 Å². The number of hydrogen-bond donors (Lipinski definition) is 2. The summed E-state index contributed by atoms with van der Waals surface area (Å²) in [6.45, 7) is 2.58. The van der Waals surface area contributed by atoms with Gasteiger partial charge < -0.3 is 14.8 Å². The first-order valence-corrected chi connectivity index (χ1v) is 11.3. The maximum atomic E-state index is 12.5. The maximum Gasteiger partial charge on any atom is 0.240 e. The third-order valence-electron chi connectivity index (χ3n) is 4.56. The molecule has 8 nitrogen and oxygen atoms in total. The number of sulfonamides is 1. The van der Waals surface area contributed by atoms with Gasteiger partial charge in [-0.1, -0.05) is 23.8 Å². The highest BCUT2D eigenvalue weighted by molar-refractivity contribution is 7.89. The molecule has 1 amide bonds. The predicted molar refractivity (Wildman–Crippen MR) is 117 cm³/mol. The molecular formula is C22H28N2O6S. The number of methoxy groups -OCH3 is 2. The molecule has 0 aromatic heterocycles. The van der Waals surface area contributed by atoms with Crippen LogP contribution >= 0.6 is 0 Å². The number of nitrogens with one attached hydrogen (secondary N) is 2. The molecule has 0 bridgehead atoms. The Morgan fingerprint density at radius 2 is 1.71 bits per heavy atom. The van der Waals surface area contributed by atoms with Crippen molar-refractivity contribution in [1.82, 2.24) is 10.0 Å². The molecule has 0 fully saturated rings. The van der Waals surface area contributed by atoms with Gasteiger partial charge in [0, 0.05) is 33.0 Å². The zero-order valence-electron chi connectivity index (χ0n) is 17.9. The molecule has 0 unspecified atom stereocenters. The minimum absolute atomic E-state index is 0.0474. The van der Waals surface area contributed by atoms with Crippen molar-refractivity contribution in [2.45, 2.75) is 31.2 Å². The molecule has 0 saturated carbocycles. The Morgan fingerprint density at radius 3 is 2.35 bits per heavy atom. The average Bonchev–Trinajstić information content (AvgIpc) is 2.76. The number of amides is 1. The van der Waals surface area contributed by atoms with Gasteiger partial charge >= 0.3 is 0 Å². The maximum absolute atomic E-state index is 12.5. The monoisotopic (exact) mass is 448 g/mol. The first kappa shape index (κ1) is 24.5. The minimum Gasteiger partial charge on any atom is -0.496 e. The van der Waals surface area contributed by atoms with Gasteiger partial charge in [0.25, 0.3) is 0 Å². The van der Waals surface area contributed by atoms with Gasteiger partial charge in [0.05, 0.1) is 24.2 Å². The van der Waals surface area contributed by atoms with Crippen LogP contribution in [0.2, 0.25) is 0 Å². The third-order valence-corrected chi connectivity index (χ3v) is 6.03. The van der Waals surface area contributed by atoms with Crippen molar-refractivity contribution in [1.29, 1.82) is 0 Å². The van der Waals surface area contributed by atoms with E-state index in [1.807, 2.05) is 13.0 Å². The molecule has 168 valence electrons. The molecule has 0 aliphatic rings. The van der Waals surface area contributed by atoms with Gasteiger partial charge in [-0.25, -0.2) is 13.1 Å². The summed E-state index contributed by atoms with van der Waals surface area (Å²) in [6, 6.07) is 11.6. The topological polar surface area (TPSA) is 111 Å². The standard InChI is InChI=1S/C22H28N2O6S/c1-16-4-10-21(30-3)19(14-16)20(25)9-11-22(26)23-15-17-5-7-18(8-6-17)31(27,28)24-12-13-29-2/h4-8,10,14,24H,9,11-13,15H2,1-3H3,(H,23,26). The summed E-state index contributed by atoms with van der Waals surface area (Å²) in [4.78, 5) is 24.7. The van der Waals surface area contributed by atoms with Gasteiger partial charge in [0.2, 0.25) is 15.9 Å². The van der Waals surface area contributed by atoms with Gasteiger partial charge in [0.1, 0.15) is 5.75 Å². The molecule has 31 heavy (non-hydrogen) atoms. The van der Waals surface area contributed by atoms with Crippen LogP contribution < -0.4 is 14.8 Å². The minimum atomic E-state index is -3.60. The lowest BCUT2D eigenvalue weighted by Gasteiger charge is -2.10. The van der Waals surface area contributed by atoms with Crippen LogP contribution in [-0.2, 0) is 26.1 Å². The fourth-order valence-electron chi connectivity index (χ4n) is 2.84. The summed E-state index contributed by atoms with van der Waals surface area (Å²) >= 11 is 0. The van der Waals surface area contributed by atoms with Gasteiger partial charge in [-0.15, -0.1) is 0 Å². The lowest BCUT2D eigenvalue weighted by atomic mass is 10.0. The van der Waals surface area contributed by atoms with Crippen LogP contribution in [0.3, 0.4) is 0 Å². The van der Waals surface area contributed by atoms with E-state index in [-0.39, 0.29) is 49.1 Å². The zero-order chi connectivity index (χ0) is 22.9. The van der Waals surface area contributed by atoms with Crippen molar-refractivity contribution >= 4 is 21.7 Å². The molecule has 9 heteroatoms. The molecule has 0 saturated heterocycles. The van der Waals surface area contributed by atoms with Crippen LogP contribution in [0.1, 0.15) is 34.3 Å². The second kappa shape index (κ2) is 11.6. The Hall–Kier alpha value is -2.75. The number of hydrogen-bond acceptors (Lipinski definition) is 6. The number of benzene rings is 2. The Labute approximate surface area is 183 Å². The van der Waals surface area contributed by atoms with Crippen molar-refractivity contribution in [3.05, 3.63) is 59.2 Å². The third kappa shape index (κ3) is 7.46. The summed E-state index contributed by atoms with van der Waals surface area (Å²) in [6.07, 6.45) is 0.113. The van der Waals surface area contributed by atoms with Gasteiger partial charge in [-0.2, -0.15) is 0 Å². The van der Waals surface area contributed by atoms with Crippen molar-refractivity contribution in [2.24, 2.45) is 0 Å². The molecule has 2 aromatic carbocycles. The summed E-state index contributed by atoms with van der Waals surface area (Å²) in [5.74, 6) is 0.0619. The highest BCUT2D eigenvalue weighted by Gasteiger charge is 2.15. The van der Waals surface area contributed by atoms with Crippen LogP contribution in [-0.4, -0.2) is 47.5 Å². The quantitative estimate of drug-likeness (QED) is 0.380. The summed E-state index contributed by atoms with van der Waals surface area (Å²) in [7, 11) is -0.606. The Morgan fingerprint density at radius 1 is 1.00 bits per heavy atom. The fraction of sp³-hybridized carbons (Fsp3) is 0.364. The second-order valence-corrected chi connectivity index (χ2v) is 8.71. The number of carbonyl (C=O) groups excluding carboxylic acids is 2. The van der Waals surface area contributed by atoms with Crippen LogP contribution in [0.15, 0.2) is 47.4 Å². The van der Waals surface area contributed by atoms with E-state index in [0.717, 1.165) is 11.1 Å². The van der Waals surface area contributed by atoms with E-state index < -0.39 is 10.0 Å². The Bertz CT molecular complexity index is 1000. The summed E-state index contributed by atoms with van der Waals surface area (Å²) < 4.78 is 36.8. The van der Waals surface area contributed by atoms with Crippen LogP contribution in [0.5, 0.6) is 5.75 Å². The molecule has 0 aliphatic heterocycles. The van der Waals surface area contributed by atoms with Gasteiger partial charge in [-0.05, 0) is 36.8 Å². The van der Waals surface area contributed by atoms with E-state index in [0.29, 0.717) is 11.3 Å². The molecule has 2 rings (SSSR count). The molecular weight excluding hydrogens is 420 g/mol. The largest absolute Gasteiger partial charge is 0.496 e. The van der Waals surface area contributed by atoms with Crippen LogP contribution in [0.4, 0.5) is 0 Å². The van der Waals surface area contributed by atoms with Crippen molar-refractivity contribution in [2.75, 3.05) is 27.4 Å². The highest BCUT2D eigenvalue weighted by atomic mass is 32.2. The molecule has 2 aromatic rings. The predicted octanol–water partition coefficient (Wildman–Crippen LogP) is 2.21. The summed E-state index contributed by atoms with van der Waals surface area (Å²) in [5.41, 5.74) is 2.15. The molecule has 0 atom stereocenters. The Balaban J connectivity index is 1.85. The molecule has 0 heterocycles. The van der Waals surface area contributed by atoms with Crippen LogP contribution in [0, 0.1) is 6.92 Å². The average molecular weight is 449 g/mol. The molecule has 2 N–H and O–H groups in total. The molecule has 0 spiro atoms. The number of ether oxygens (including phenoxy) is 2. The lowest BCUT2D eigenvalue weighted by Crippen LogP contribution is -2.27. The fourth-order valence-corrected chi connectivity index (χ4v) is 3.85. The first-order valence-electron chi connectivity index (χ1n) is 9.79. The van der Waals surface area contributed by atoms with Crippen molar-refractivity contribution in [3.8, 4) is 5.75 Å². The van der Waals surface area contributed by atoms with E-state index in [1.165, 1.54) is 26.4 Å². The molecule has 0 aliphatic carbocycles. The number of aryl methyl sites for hydroxylation is 1. The highest BCUT2D eigenvalue weighted by Crippen LogP contribution is 2.21. The van der Waals surface area contributed by atoms with E-state index in [4.69, 9.17) is 9.47 Å². The number of Topliss-reactive ketones (excluding diaryl/α,β-unsaturated/α-hetero) is 1. The lowest BCUT2D eigenvalue weighted by molar-refractivity contribution is -0.121. The zero-order valence-corrected chi connectivity index (χ0v) is 18.8. The Kier molecular flexibility index (Phi) is 9.17. The smallest absolute Gasteiger partial charge is 0.240 e. The van der Waals surface area contributed by atoms with Gasteiger partial charge in [-0.3, -0.25) is 9.59 Å².